The Bertz CT molecular complexity index is 642. The number of halogens is 1. The molecule has 3 rings (SSSR count). The monoisotopic (exact) mass is 337 g/mol. The lowest BCUT2D eigenvalue weighted by atomic mass is 9.88. The van der Waals surface area contributed by atoms with Crippen LogP contribution in [0.15, 0.2) is 29.2 Å². The van der Waals surface area contributed by atoms with E-state index in [1.54, 1.807) is 17.0 Å². The zero-order valence-corrected chi connectivity index (χ0v) is 13.1. The number of carbonyl (C=O) groups excluding carboxylic acids is 3. The van der Waals surface area contributed by atoms with Gasteiger partial charge in [0.15, 0.2) is 0 Å². The Balaban J connectivity index is 1.51. The van der Waals surface area contributed by atoms with Crippen molar-refractivity contribution in [1.29, 1.82) is 0 Å². The summed E-state index contributed by atoms with van der Waals surface area (Å²) in [4.78, 5) is 37.9. The molecule has 4 amide bonds. The second-order valence-corrected chi connectivity index (χ2v) is 6.66. The van der Waals surface area contributed by atoms with Gasteiger partial charge in [-0.15, -0.1) is 11.8 Å². The maximum Gasteiger partial charge on any atom is 0.322 e. The predicted octanol–water partition coefficient (Wildman–Crippen LogP) is 1.12. The van der Waals surface area contributed by atoms with Crippen LogP contribution in [0.4, 0.5) is 9.18 Å². The van der Waals surface area contributed by atoms with E-state index in [0.29, 0.717) is 25.9 Å². The average molecular weight is 337 g/mol. The van der Waals surface area contributed by atoms with Crippen molar-refractivity contribution in [2.24, 2.45) is 0 Å². The molecule has 2 saturated heterocycles. The van der Waals surface area contributed by atoms with Gasteiger partial charge in [0.1, 0.15) is 11.4 Å². The summed E-state index contributed by atoms with van der Waals surface area (Å²) in [5.41, 5.74) is -0.863. The van der Waals surface area contributed by atoms with E-state index in [1.807, 2.05) is 0 Å². The number of urea groups is 1. The molecule has 2 N–H and O–H groups in total. The third kappa shape index (κ3) is 3.31. The zero-order valence-electron chi connectivity index (χ0n) is 12.3. The van der Waals surface area contributed by atoms with Crippen molar-refractivity contribution in [2.75, 3.05) is 18.8 Å². The van der Waals surface area contributed by atoms with Crippen molar-refractivity contribution in [1.82, 2.24) is 15.5 Å². The van der Waals surface area contributed by atoms with Crippen LogP contribution in [0, 0.1) is 5.82 Å². The summed E-state index contributed by atoms with van der Waals surface area (Å²) in [6, 6.07) is 5.52. The highest BCUT2D eigenvalue weighted by Crippen LogP contribution is 2.26. The smallest absolute Gasteiger partial charge is 0.322 e. The minimum Gasteiger partial charge on any atom is -0.342 e. The van der Waals surface area contributed by atoms with Gasteiger partial charge in [0.25, 0.3) is 5.91 Å². The molecule has 2 aliphatic heterocycles. The Morgan fingerprint density at radius 1 is 1.22 bits per heavy atom. The van der Waals surface area contributed by atoms with E-state index in [9.17, 15) is 18.8 Å². The van der Waals surface area contributed by atoms with Gasteiger partial charge in [-0.2, -0.15) is 0 Å². The number of piperidine rings is 1. The van der Waals surface area contributed by atoms with E-state index in [0.717, 1.165) is 4.90 Å². The number of rotatable bonds is 3. The normalized spacial score (nSPS) is 19.6. The molecule has 0 radical (unpaired) electrons. The van der Waals surface area contributed by atoms with Gasteiger partial charge in [-0.3, -0.25) is 14.9 Å². The van der Waals surface area contributed by atoms with E-state index in [4.69, 9.17) is 0 Å². The molecule has 0 aliphatic carbocycles. The van der Waals surface area contributed by atoms with Crippen LogP contribution < -0.4 is 10.6 Å². The molecule has 0 saturated carbocycles. The third-order valence-corrected chi connectivity index (χ3v) is 5.16. The van der Waals surface area contributed by atoms with Crippen molar-refractivity contribution in [2.45, 2.75) is 23.3 Å². The van der Waals surface area contributed by atoms with E-state index in [1.165, 1.54) is 23.9 Å². The number of amides is 4. The number of imide groups is 1. The van der Waals surface area contributed by atoms with Gasteiger partial charge >= 0.3 is 6.03 Å². The zero-order chi connectivity index (χ0) is 16.4. The molecule has 1 spiro atoms. The third-order valence-electron chi connectivity index (χ3n) is 4.16. The van der Waals surface area contributed by atoms with Gasteiger partial charge in [-0.1, -0.05) is 0 Å². The molecule has 0 unspecified atom stereocenters. The fourth-order valence-electron chi connectivity index (χ4n) is 2.79. The second-order valence-electron chi connectivity index (χ2n) is 5.61. The molecule has 1 aromatic carbocycles. The summed E-state index contributed by atoms with van der Waals surface area (Å²) in [5.74, 6) is -0.384. The van der Waals surface area contributed by atoms with Gasteiger partial charge in [0, 0.05) is 18.0 Å². The first kappa shape index (κ1) is 15.8. The number of nitrogens with zero attached hydrogens (tertiary/aromatic N) is 1. The quantitative estimate of drug-likeness (QED) is 0.640. The summed E-state index contributed by atoms with van der Waals surface area (Å²) in [5, 5.41) is 4.91. The van der Waals surface area contributed by atoms with Crippen LogP contribution in [-0.2, 0) is 9.59 Å². The Morgan fingerprint density at radius 2 is 1.87 bits per heavy atom. The molecule has 6 nitrogen and oxygen atoms in total. The minimum absolute atomic E-state index is 0.0288. The molecular weight excluding hydrogens is 321 g/mol. The molecule has 1 aromatic rings. The molecule has 0 bridgehead atoms. The van der Waals surface area contributed by atoms with Crippen LogP contribution in [0.1, 0.15) is 12.8 Å². The number of thioether (sulfide) groups is 1. The maximum atomic E-state index is 12.8. The molecule has 2 heterocycles. The number of hydrogen-bond donors (Lipinski definition) is 2. The number of nitrogens with one attached hydrogen (secondary N) is 2. The molecule has 0 atom stereocenters. The molecule has 8 heteroatoms. The van der Waals surface area contributed by atoms with Crippen LogP contribution in [0.5, 0.6) is 0 Å². The Kier molecular flexibility index (Phi) is 4.25. The van der Waals surface area contributed by atoms with Crippen molar-refractivity contribution in [3.63, 3.8) is 0 Å². The van der Waals surface area contributed by atoms with E-state index in [-0.39, 0.29) is 23.4 Å². The largest absolute Gasteiger partial charge is 0.342 e. The summed E-state index contributed by atoms with van der Waals surface area (Å²) in [6.45, 7) is 0.854. The highest BCUT2D eigenvalue weighted by Gasteiger charge is 2.48. The molecule has 23 heavy (non-hydrogen) atoms. The molecule has 2 aliphatic rings. The fourth-order valence-corrected chi connectivity index (χ4v) is 3.59. The standard InChI is InChI=1S/C15H16FN3O3S/c16-10-1-3-11(4-2-10)23-9-12(20)19-7-5-15(6-8-19)13(21)17-14(22)18-15/h1-4H,5-9H2,(H2,17,18,21,22). The summed E-state index contributed by atoms with van der Waals surface area (Å²) in [6.07, 6.45) is 0.828. The Morgan fingerprint density at radius 3 is 2.43 bits per heavy atom. The van der Waals surface area contributed by atoms with Crippen molar-refractivity contribution >= 4 is 29.6 Å². The predicted molar refractivity (Wildman–Crippen MR) is 82.3 cm³/mol. The molecular formula is C15H16FN3O3S. The van der Waals surface area contributed by atoms with Crippen LogP contribution in [0.25, 0.3) is 0 Å². The SMILES string of the molecule is O=C1NC(=O)C2(CCN(C(=O)CSc3ccc(F)cc3)CC2)N1. The van der Waals surface area contributed by atoms with E-state index < -0.39 is 11.6 Å². The highest BCUT2D eigenvalue weighted by atomic mass is 32.2. The molecule has 122 valence electrons. The van der Waals surface area contributed by atoms with E-state index >= 15 is 0 Å². The maximum absolute atomic E-state index is 12.8. The van der Waals surface area contributed by atoms with Crippen LogP contribution in [0.2, 0.25) is 0 Å². The first-order chi connectivity index (χ1) is 11.0. The van der Waals surface area contributed by atoms with Gasteiger partial charge < -0.3 is 10.2 Å². The van der Waals surface area contributed by atoms with Crippen LogP contribution in [0.3, 0.4) is 0 Å². The fraction of sp³-hybridized carbons (Fsp3) is 0.400. The topological polar surface area (TPSA) is 78.5 Å². The van der Waals surface area contributed by atoms with Crippen LogP contribution in [-0.4, -0.2) is 47.1 Å². The first-order valence-electron chi connectivity index (χ1n) is 7.28. The molecule has 0 aromatic heterocycles. The van der Waals surface area contributed by atoms with Gasteiger partial charge in [0.05, 0.1) is 5.75 Å². The lowest BCUT2D eigenvalue weighted by molar-refractivity contribution is -0.133. The van der Waals surface area contributed by atoms with E-state index in [2.05, 4.69) is 10.6 Å². The van der Waals surface area contributed by atoms with Crippen molar-refractivity contribution < 1.29 is 18.8 Å². The van der Waals surface area contributed by atoms with Crippen molar-refractivity contribution in [3.05, 3.63) is 30.1 Å². The second kappa shape index (κ2) is 6.19. The number of likely N-dealkylation sites (tertiary alicyclic amines) is 1. The highest BCUT2D eigenvalue weighted by molar-refractivity contribution is 8.00. The lowest BCUT2D eigenvalue weighted by Gasteiger charge is -2.36. The summed E-state index contributed by atoms with van der Waals surface area (Å²) in [7, 11) is 0. The number of benzene rings is 1. The summed E-state index contributed by atoms with van der Waals surface area (Å²) < 4.78 is 12.8. The lowest BCUT2D eigenvalue weighted by Crippen LogP contribution is -2.56. The van der Waals surface area contributed by atoms with Gasteiger partial charge in [-0.05, 0) is 37.1 Å². The van der Waals surface area contributed by atoms with Crippen LogP contribution >= 0.6 is 11.8 Å². The van der Waals surface area contributed by atoms with Gasteiger partial charge in [0.2, 0.25) is 5.91 Å². The molecule has 2 fully saturated rings. The number of carbonyl (C=O) groups is 3. The Hall–Kier alpha value is -2.09. The summed E-state index contributed by atoms with van der Waals surface area (Å²) >= 11 is 1.35. The Labute approximate surface area is 136 Å². The average Bonchev–Trinajstić information content (AvgIpc) is 2.81. The van der Waals surface area contributed by atoms with Crippen molar-refractivity contribution in [3.8, 4) is 0 Å². The number of hydrogen-bond acceptors (Lipinski definition) is 4. The van der Waals surface area contributed by atoms with Gasteiger partial charge in [-0.25, -0.2) is 9.18 Å². The minimum atomic E-state index is -0.863. The first-order valence-corrected chi connectivity index (χ1v) is 8.27.